The maximum absolute atomic E-state index is 12.5. The van der Waals surface area contributed by atoms with E-state index in [0.717, 1.165) is 47.8 Å². The Morgan fingerprint density at radius 3 is 2.87 bits per heavy atom. The van der Waals surface area contributed by atoms with E-state index in [1.165, 1.54) is 6.42 Å². The summed E-state index contributed by atoms with van der Waals surface area (Å²) in [7, 11) is 0. The molecule has 2 aromatic carbocycles. The van der Waals surface area contributed by atoms with E-state index >= 15 is 0 Å². The fourth-order valence-electron chi connectivity index (χ4n) is 4.10. The molecule has 0 radical (unpaired) electrons. The summed E-state index contributed by atoms with van der Waals surface area (Å²) in [5.41, 5.74) is 1.88. The Balaban J connectivity index is 2.05. The van der Waals surface area contributed by atoms with Crippen LogP contribution in [0.2, 0.25) is 0 Å². The summed E-state index contributed by atoms with van der Waals surface area (Å²) in [6.07, 6.45) is 5.08. The third-order valence-corrected chi connectivity index (χ3v) is 5.69. The molecule has 1 aliphatic heterocycles. The minimum atomic E-state index is -1.05. The Kier molecular flexibility index (Phi) is 7.45. The van der Waals surface area contributed by atoms with Gasteiger partial charge in [0.1, 0.15) is 11.6 Å². The van der Waals surface area contributed by atoms with Gasteiger partial charge in [-0.2, -0.15) is 5.26 Å². The molecule has 1 fully saturated rings. The van der Waals surface area contributed by atoms with Crippen molar-refractivity contribution in [2.24, 2.45) is 0 Å². The average molecular weight is 408 g/mol. The first kappa shape index (κ1) is 21.8. The fraction of sp³-hybridized carbons (Fsp3) is 0.417. The average Bonchev–Trinajstić information content (AvgIpc) is 2.80. The molecule has 0 saturated carbocycles. The van der Waals surface area contributed by atoms with Gasteiger partial charge in [0.15, 0.2) is 0 Å². The molecule has 158 valence electrons. The number of nitrogens with one attached hydrogen (secondary N) is 1. The number of aliphatic hydroxyl groups excluding tert-OH is 2. The van der Waals surface area contributed by atoms with E-state index in [2.05, 4.69) is 29.3 Å². The summed E-state index contributed by atoms with van der Waals surface area (Å²) < 4.78 is 0. The van der Waals surface area contributed by atoms with Gasteiger partial charge < -0.3 is 20.4 Å². The maximum atomic E-state index is 12.5. The molecular formula is C24H29N3O3. The monoisotopic (exact) mass is 407 g/mol. The predicted molar refractivity (Wildman–Crippen MR) is 119 cm³/mol. The van der Waals surface area contributed by atoms with Gasteiger partial charge in [-0.3, -0.25) is 4.79 Å². The van der Waals surface area contributed by atoms with E-state index in [9.17, 15) is 15.2 Å². The zero-order valence-corrected chi connectivity index (χ0v) is 17.3. The topological polar surface area (TPSA) is 96.6 Å². The van der Waals surface area contributed by atoms with Crippen molar-refractivity contribution < 1.29 is 15.0 Å². The Morgan fingerprint density at radius 2 is 2.13 bits per heavy atom. The molecule has 3 N–H and O–H groups in total. The van der Waals surface area contributed by atoms with E-state index in [-0.39, 0.29) is 12.1 Å². The molecule has 6 heteroatoms. The van der Waals surface area contributed by atoms with Crippen molar-refractivity contribution in [1.29, 1.82) is 5.26 Å². The van der Waals surface area contributed by atoms with Crippen molar-refractivity contribution in [3.05, 3.63) is 47.5 Å². The molecule has 2 unspecified atom stereocenters. The fourth-order valence-corrected chi connectivity index (χ4v) is 4.10. The molecule has 3 rings (SSSR count). The number of amides is 1. The minimum absolute atomic E-state index is 0.0262. The molecule has 1 saturated heterocycles. The number of piperidine rings is 1. The number of carbonyl (C=O) groups is 1. The number of carbonyl (C=O) groups excluding carboxylic acids is 1. The summed E-state index contributed by atoms with van der Waals surface area (Å²) >= 11 is 0. The lowest BCUT2D eigenvalue weighted by Crippen LogP contribution is -2.39. The molecule has 0 aliphatic carbocycles. The van der Waals surface area contributed by atoms with Crippen LogP contribution in [0.5, 0.6) is 0 Å². The smallest absolute Gasteiger partial charge is 0.262 e. The summed E-state index contributed by atoms with van der Waals surface area (Å²) in [5, 5.41) is 32.7. The SMILES string of the molecule is CCC1CCCCN1c1c(/C=C(\C#N)C(=O)NCC(O)CO)ccc2ccccc12. The van der Waals surface area contributed by atoms with Crippen molar-refractivity contribution in [3.63, 3.8) is 0 Å². The standard InChI is InChI=1S/C24H29N3O3/c1-2-20-8-5-6-12-27(20)23-18(11-10-17-7-3-4-9-22(17)23)13-19(14-25)24(30)26-15-21(29)16-28/h3-4,7,9-11,13,20-21,28-29H,2,5-6,8,12,15-16H2,1H3,(H,26,30)/b19-13+. The predicted octanol–water partition coefficient (Wildman–Crippen LogP) is 2.99. The van der Waals surface area contributed by atoms with Crippen LogP contribution >= 0.6 is 0 Å². The third-order valence-electron chi connectivity index (χ3n) is 5.69. The molecule has 0 bridgehead atoms. The Hall–Kier alpha value is -2.88. The number of fused-ring (bicyclic) bond motifs is 1. The highest BCUT2D eigenvalue weighted by Gasteiger charge is 2.25. The van der Waals surface area contributed by atoms with Crippen molar-refractivity contribution in [2.75, 3.05) is 24.6 Å². The third kappa shape index (κ3) is 4.81. The van der Waals surface area contributed by atoms with Crippen molar-refractivity contribution >= 4 is 28.4 Å². The molecule has 0 spiro atoms. The largest absolute Gasteiger partial charge is 0.394 e. The van der Waals surface area contributed by atoms with Crippen LogP contribution in [0.15, 0.2) is 42.0 Å². The number of nitriles is 1. The van der Waals surface area contributed by atoms with Crippen LogP contribution in [-0.4, -0.2) is 48.0 Å². The highest BCUT2D eigenvalue weighted by molar-refractivity contribution is 6.05. The molecule has 30 heavy (non-hydrogen) atoms. The van der Waals surface area contributed by atoms with Crippen LogP contribution in [-0.2, 0) is 4.79 Å². The second-order valence-corrected chi connectivity index (χ2v) is 7.69. The van der Waals surface area contributed by atoms with Crippen molar-refractivity contribution in [1.82, 2.24) is 5.32 Å². The number of hydrogen-bond donors (Lipinski definition) is 3. The first-order chi connectivity index (χ1) is 14.6. The molecule has 1 amide bonds. The first-order valence-electron chi connectivity index (χ1n) is 10.6. The normalized spacial score (nSPS) is 18.1. The van der Waals surface area contributed by atoms with Gasteiger partial charge in [0.2, 0.25) is 0 Å². The van der Waals surface area contributed by atoms with Gasteiger partial charge in [-0.25, -0.2) is 0 Å². The first-order valence-corrected chi connectivity index (χ1v) is 10.6. The van der Waals surface area contributed by atoms with E-state index < -0.39 is 18.6 Å². The number of nitrogens with zero attached hydrogens (tertiary/aromatic N) is 2. The summed E-state index contributed by atoms with van der Waals surface area (Å²) in [6.45, 7) is 2.59. The summed E-state index contributed by atoms with van der Waals surface area (Å²) in [6, 6.07) is 14.6. The van der Waals surface area contributed by atoms with Gasteiger partial charge in [0.25, 0.3) is 5.91 Å². The summed E-state index contributed by atoms with van der Waals surface area (Å²) in [5.74, 6) is -0.560. The second-order valence-electron chi connectivity index (χ2n) is 7.69. The van der Waals surface area contributed by atoms with Gasteiger partial charge in [-0.05, 0) is 42.7 Å². The van der Waals surface area contributed by atoms with Gasteiger partial charge in [0.05, 0.1) is 18.4 Å². The Bertz CT molecular complexity index is 964. The van der Waals surface area contributed by atoms with E-state index in [1.807, 2.05) is 30.3 Å². The van der Waals surface area contributed by atoms with Gasteiger partial charge in [-0.15, -0.1) is 0 Å². The van der Waals surface area contributed by atoms with Crippen molar-refractivity contribution in [2.45, 2.75) is 44.8 Å². The molecule has 1 heterocycles. The lowest BCUT2D eigenvalue weighted by atomic mass is 9.94. The second kappa shape index (κ2) is 10.2. The lowest BCUT2D eigenvalue weighted by Gasteiger charge is -2.39. The summed E-state index contributed by atoms with van der Waals surface area (Å²) in [4.78, 5) is 14.9. The van der Waals surface area contributed by atoms with Crippen LogP contribution in [0.1, 0.15) is 38.2 Å². The van der Waals surface area contributed by atoms with Gasteiger partial charge in [-0.1, -0.05) is 43.3 Å². The number of rotatable bonds is 7. The molecular weight excluding hydrogens is 378 g/mol. The molecule has 2 atom stereocenters. The van der Waals surface area contributed by atoms with E-state index in [0.29, 0.717) is 6.04 Å². The minimum Gasteiger partial charge on any atom is -0.394 e. The number of anilines is 1. The Labute approximate surface area is 177 Å². The lowest BCUT2D eigenvalue weighted by molar-refractivity contribution is -0.117. The highest BCUT2D eigenvalue weighted by Crippen LogP contribution is 2.36. The van der Waals surface area contributed by atoms with Gasteiger partial charge >= 0.3 is 0 Å². The number of aliphatic hydroxyl groups is 2. The van der Waals surface area contributed by atoms with Crippen LogP contribution in [0.3, 0.4) is 0 Å². The number of hydrogen-bond acceptors (Lipinski definition) is 5. The van der Waals surface area contributed by atoms with Crippen LogP contribution < -0.4 is 10.2 Å². The molecule has 2 aromatic rings. The molecule has 1 aliphatic rings. The Morgan fingerprint density at radius 1 is 1.33 bits per heavy atom. The number of benzene rings is 2. The highest BCUT2D eigenvalue weighted by atomic mass is 16.3. The maximum Gasteiger partial charge on any atom is 0.262 e. The van der Waals surface area contributed by atoms with Crippen LogP contribution in [0.4, 0.5) is 5.69 Å². The molecule has 0 aromatic heterocycles. The van der Waals surface area contributed by atoms with E-state index in [1.54, 1.807) is 6.08 Å². The zero-order chi connectivity index (χ0) is 21.5. The van der Waals surface area contributed by atoms with Crippen LogP contribution in [0.25, 0.3) is 16.8 Å². The zero-order valence-electron chi connectivity index (χ0n) is 17.3. The quantitative estimate of drug-likeness (QED) is 0.484. The van der Waals surface area contributed by atoms with Crippen molar-refractivity contribution in [3.8, 4) is 6.07 Å². The van der Waals surface area contributed by atoms with Gasteiger partial charge in [0, 0.05) is 24.5 Å². The molecule has 6 nitrogen and oxygen atoms in total. The van der Waals surface area contributed by atoms with Crippen LogP contribution in [0, 0.1) is 11.3 Å². The van der Waals surface area contributed by atoms with E-state index in [4.69, 9.17) is 5.11 Å².